The summed E-state index contributed by atoms with van der Waals surface area (Å²) in [5.74, 6) is -0.135. The molecule has 2 N–H and O–H groups in total. The number of nitrogens with two attached hydrogens (primary N) is 1. The van der Waals surface area contributed by atoms with Gasteiger partial charge in [-0.3, -0.25) is 4.79 Å². The molecule has 174 valence electrons. The number of carbonyl (C=O) groups excluding carboxylic acids is 1. The van der Waals surface area contributed by atoms with E-state index in [0.29, 0.717) is 85.6 Å². The van der Waals surface area contributed by atoms with E-state index in [1.54, 1.807) is 0 Å². The normalized spacial score (nSPS) is 11.1. The highest BCUT2D eigenvalue weighted by Crippen LogP contribution is 2.07. The van der Waals surface area contributed by atoms with Gasteiger partial charge in [0.1, 0.15) is 6.61 Å². The van der Waals surface area contributed by atoms with E-state index in [2.05, 4.69) is 6.92 Å². The Kier molecular flexibility index (Phi) is 24.6. The van der Waals surface area contributed by atoms with Crippen LogP contribution < -0.4 is 5.73 Å². The van der Waals surface area contributed by atoms with Crippen molar-refractivity contribution >= 4 is 5.97 Å². The molecule has 0 spiro atoms. The van der Waals surface area contributed by atoms with Gasteiger partial charge in [0.15, 0.2) is 0 Å². The summed E-state index contributed by atoms with van der Waals surface area (Å²) in [6.07, 6.45) is 7.49. The van der Waals surface area contributed by atoms with Gasteiger partial charge in [-0.1, -0.05) is 39.0 Å². The molecule has 0 aromatic carbocycles. The van der Waals surface area contributed by atoms with Crippen LogP contribution in [0.15, 0.2) is 0 Å². The fourth-order valence-corrected chi connectivity index (χ4v) is 2.40. The van der Waals surface area contributed by atoms with E-state index in [0.717, 1.165) is 12.8 Å². The second-order valence-corrected chi connectivity index (χ2v) is 6.59. The Labute approximate surface area is 176 Å². The van der Waals surface area contributed by atoms with E-state index < -0.39 is 0 Å². The highest BCUT2D eigenvalue weighted by molar-refractivity contribution is 5.69. The molecule has 0 aliphatic rings. The highest BCUT2D eigenvalue weighted by Gasteiger charge is 2.02. The molecule has 0 fully saturated rings. The molecule has 0 radical (unpaired) electrons. The molecule has 0 amide bonds. The summed E-state index contributed by atoms with van der Waals surface area (Å²) in [5, 5.41) is 0. The lowest BCUT2D eigenvalue weighted by atomic mass is 10.1. The van der Waals surface area contributed by atoms with Gasteiger partial charge in [0.25, 0.3) is 0 Å². The van der Waals surface area contributed by atoms with Crippen LogP contribution in [-0.4, -0.2) is 85.2 Å². The van der Waals surface area contributed by atoms with Crippen LogP contribution in [0.3, 0.4) is 0 Å². The summed E-state index contributed by atoms with van der Waals surface area (Å²) in [6, 6.07) is 0. The van der Waals surface area contributed by atoms with Gasteiger partial charge in [-0.15, -0.1) is 0 Å². The first-order valence-corrected chi connectivity index (χ1v) is 11.1. The average molecular weight is 422 g/mol. The van der Waals surface area contributed by atoms with Gasteiger partial charge in [-0.2, -0.15) is 0 Å². The second kappa shape index (κ2) is 25.3. The summed E-state index contributed by atoms with van der Waals surface area (Å²) < 4.78 is 31.8. The summed E-state index contributed by atoms with van der Waals surface area (Å²) in [6.45, 7) is 8.14. The quantitative estimate of drug-likeness (QED) is 0.187. The van der Waals surface area contributed by atoms with Crippen molar-refractivity contribution in [3.63, 3.8) is 0 Å². The maximum absolute atomic E-state index is 11.6. The Morgan fingerprint density at radius 3 is 1.48 bits per heavy atom. The second-order valence-electron chi connectivity index (χ2n) is 6.59. The minimum absolute atomic E-state index is 0.135. The molecular weight excluding hydrogens is 378 g/mol. The van der Waals surface area contributed by atoms with E-state index >= 15 is 0 Å². The molecule has 8 heteroatoms. The zero-order valence-electron chi connectivity index (χ0n) is 18.4. The van der Waals surface area contributed by atoms with Gasteiger partial charge in [-0.25, -0.2) is 0 Å². The smallest absolute Gasteiger partial charge is 0.305 e. The Hall–Kier alpha value is -0.770. The van der Waals surface area contributed by atoms with Crippen LogP contribution in [0.1, 0.15) is 51.9 Å². The fraction of sp³-hybridized carbons (Fsp3) is 0.952. The zero-order chi connectivity index (χ0) is 21.3. The van der Waals surface area contributed by atoms with Gasteiger partial charge in [0.05, 0.1) is 66.1 Å². The van der Waals surface area contributed by atoms with Crippen molar-refractivity contribution in [3.8, 4) is 0 Å². The number of hydrogen-bond donors (Lipinski definition) is 1. The molecule has 0 unspecified atom stereocenters. The lowest BCUT2D eigenvalue weighted by Crippen LogP contribution is -2.15. The largest absolute Gasteiger partial charge is 0.463 e. The molecule has 0 aromatic heterocycles. The van der Waals surface area contributed by atoms with Crippen molar-refractivity contribution in [2.75, 3.05) is 79.2 Å². The first-order chi connectivity index (χ1) is 14.3. The summed E-state index contributed by atoms with van der Waals surface area (Å²) >= 11 is 0. The monoisotopic (exact) mass is 421 g/mol. The highest BCUT2D eigenvalue weighted by atomic mass is 16.6. The van der Waals surface area contributed by atoms with Gasteiger partial charge >= 0.3 is 5.97 Å². The van der Waals surface area contributed by atoms with E-state index in [9.17, 15) is 4.79 Å². The van der Waals surface area contributed by atoms with Crippen LogP contribution in [0.25, 0.3) is 0 Å². The molecule has 0 aromatic rings. The third-order valence-electron chi connectivity index (χ3n) is 3.98. The summed E-state index contributed by atoms with van der Waals surface area (Å²) in [7, 11) is 0. The predicted octanol–water partition coefficient (Wildman–Crippen LogP) is 2.32. The van der Waals surface area contributed by atoms with Crippen LogP contribution in [0.2, 0.25) is 0 Å². The summed E-state index contributed by atoms with van der Waals surface area (Å²) in [4.78, 5) is 11.6. The maximum Gasteiger partial charge on any atom is 0.305 e. The topological polar surface area (TPSA) is 98.5 Å². The minimum Gasteiger partial charge on any atom is -0.463 e. The number of hydrogen-bond acceptors (Lipinski definition) is 8. The van der Waals surface area contributed by atoms with Crippen molar-refractivity contribution in [3.05, 3.63) is 0 Å². The van der Waals surface area contributed by atoms with Crippen LogP contribution in [0.5, 0.6) is 0 Å². The van der Waals surface area contributed by atoms with Crippen molar-refractivity contribution < 1.29 is 33.2 Å². The molecule has 0 atom stereocenters. The molecule has 0 aliphatic carbocycles. The van der Waals surface area contributed by atoms with Crippen molar-refractivity contribution in [2.24, 2.45) is 5.73 Å². The number of unbranched alkanes of at least 4 members (excludes halogenated alkanes) is 5. The minimum atomic E-state index is -0.135. The molecule has 0 saturated heterocycles. The molecular formula is C21H43NO7. The molecule has 0 aliphatic heterocycles. The first-order valence-electron chi connectivity index (χ1n) is 11.1. The summed E-state index contributed by atoms with van der Waals surface area (Å²) in [5.41, 5.74) is 5.31. The van der Waals surface area contributed by atoms with Gasteiger partial charge < -0.3 is 34.2 Å². The number of ether oxygens (including phenoxy) is 6. The Morgan fingerprint density at radius 1 is 0.586 bits per heavy atom. The Morgan fingerprint density at radius 2 is 1.00 bits per heavy atom. The van der Waals surface area contributed by atoms with Crippen molar-refractivity contribution in [1.29, 1.82) is 0 Å². The van der Waals surface area contributed by atoms with E-state index in [4.69, 9.17) is 34.2 Å². The Balaban J connectivity index is 3.10. The van der Waals surface area contributed by atoms with E-state index in [1.165, 1.54) is 25.7 Å². The van der Waals surface area contributed by atoms with Crippen molar-refractivity contribution in [1.82, 2.24) is 0 Å². The lowest BCUT2D eigenvalue weighted by molar-refractivity contribution is -0.145. The van der Waals surface area contributed by atoms with E-state index in [-0.39, 0.29) is 5.97 Å². The third kappa shape index (κ3) is 25.2. The molecule has 0 rings (SSSR count). The molecule has 0 heterocycles. The Bertz CT molecular complexity index is 332. The lowest BCUT2D eigenvalue weighted by Gasteiger charge is -2.08. The average Bonchev–Trinajstić information content (AvgIpc) is 2.73. The fourth-order valence-electron chi connectivity index (χ4n) is 2.40. The standard InChI is InChI=1S/C21H43NO7/c1-2-3-4-5-6-7-8-21(23)29-20-19-28-18-17-27-16-15-26-14-13-25-12-11-24-10-9-22/h2-20,22H2,1H3. The predicted molar refractivity (Wildman–Crippen MR) is 112 cm³/mol. The number of carbonyl (C=O) groups is 1. The van der Waals surface area contributed by atoms with Gasteiger partial charge in [0.2, 0.25) is 0 Å². The van der Waals surface area contributed by atoms with Crippen molar-refractivity contribution in [2.45, 2.75) is 51.9 Å². The van der Waals surface area contributed by atoms with E-state index in [1.807, 2.05) is 0 Å². The number of rotatable bonds is 24. The molecule has 29 heavy (non-hydrogen) atoms. The van der Waals surface area contributed by atoms with Crippen LogP contribution in [0, 0.1) is 0 Å². The first kappa shape index (κ1) is 28.2. The van der Waals surface area contributed by atoms with Gasteiger partial charge in [0, 0.05) is 13.0 Å². The molecule has 0 saturated carbocycles. The maximum atomic E-state index is 11.6. The zero-order valence-corrected chi connectivity index (χ0v) is 18.4. The number of esters is 1. The SMILES string of the molecule is CCCCCCCCC(=O)OCCOCCOCCOCCOCCOCCN. The molecule has 0 bridgehead atoms. The van der Waals surface area contributed by atoms with Crippen LogP contribution in [-0.2, 0) is 33.2 Å². The third-order valence-corrected chi connectivity index (χ3v) is 3.98. The van der Waals surface area contributed by atoms with Gasteiger partial charge in [-0.05, 0) is 6.42 Å². The van der Waals surface area contributed by atoms with Crippen LogP contribution >= 0.6 is 0 Å². The van der Waals surface area contributed by atoms with Crippen LogP contribution in [0.4, 0.5) is 0 Å². The molecule has 8 nitrogen and oxygen atoms in total.